The molecule has 0 atom stereocenters. The lowest BCUT2D eigenvalue weighted by molar-refractivity contribution is -0.118. The fraction of sp³-hybridized carbons (Fsp3) is 0.438. The summed E-state index contributed by atoms with van der Waals surface area (Å²) in [6, 6.07) is 5.95. The topological polar surface area (TPSA) is 104 Å². The van der Waals surface area contributed by atoms with Crippen LogP contribution in [0.4, 0.5) is 0 Å². The van der Waals surface area contributed by atoms with Crippen molar-refractivity contribution in [2.24, 2.45) is 0 Å². The van der Waals surface area contributed by atoms with Gasteiger partial charge in [0, 0.05) is 13.7 Å². The van der Waals surface area contributed by atoms with E-state index < -0.39 is 0 Å². The Morgan fingerprint density at radius 3 is 2.72 bits per heavy atom. The van der Waals surface area contributed by atoms with Gasteiger partial charge in [-0.1, -0.05) is 30.0 Å². The molecule has 3 N–H and O–H groups in total. The number of nitrogens with one attached hydrogen (secondary N) is 1. The summed E-state index contributed by atoms with van der Waals surface area (Å²) in [5, 5.41) is 11.2. The van der Waals surface area contributed by atoms with Gasteiger partial charge < -0.3 is 20.6 Å². The minimum Gasteiger partial charge on any atom is -0.485 e. The van der Waals surface area contributed by atoms with E-state index in [1.54, 1.807) is 7.11 Å². The van der Waals surface area contributed by atoms with Crippen molar-refractivity contribution < 1.29 is 14.3 Å². The largest absolute Gasteiger partial charge is 0.485 e. The van der Waals surface area contributed by atoms with Gasteiger partial charge in [0.1, 0.15) is 12.4 Å². The Hall–Kier alpha value is -2.26. The van der Waals surface area contributed by atoms with Gasteiger partial charge in [0.05, 0.1) is 12.4 Å². The number of thioether (sulfide) groups is 1. The molecule has 0 unspecified atom stereocenters. The molecule has 1 heterocycles. The standard InChI is InChI=1S/C16H23N5O3S/c1-11-5-4-6-12(2)15(11)24-9-13-19-20-16(21(13)17)25-10-14(22)18-7-8-23-3/h4-6H,7-10,17H2,1-3H3,(H,18,22). The third kappa shape index (κ3) is 5.36. The third-order valence-corrected chi connectivity index (χ3v) is 4.39. The van der Waals surface area contributed by atoms with Crippen LogP contribution in [0.15, 0.2) is 23.4 Å². The van der Waals surface area contributed by atoms with Crippen LogP contribution in [0, 0.1) is 13.8 Å². The summed E-state index contributed by atoms with van der Waals surface area (Å²) in [5.41, 5.74) is 2.09. The van der Waals surface area contributed by atoms with Crippen molar-refractivity contribution >= 4 is 17.7 Å². The van der Waals surface area contributed by atoms with Gasteiger partial charge in [-0.05, 0) is 25.0 Å². The second-order valence-electron chi connectivity index (χ2n) is 5.41. The fourth-order valence-corrected chi connectivity index (χ4v) is 2.85. The highest BCUT2D eigenvalue weighted by molar-refractivity contribution is 7.99. The monoisotopic (exact) mass is 365 g/mol. The minimum atomic E-state index is -0.113. The van der Waals surface area contributed by atoms with E-state index in [0.29, 0.717) is 24.1 Å². The molecule has 0 saturated carbocycles. The summed E-state index contributed by atoms with van der Waals surface area (Å²) < 4.78 is 12.1. The van der Waals surface area contributed by atoms with Gasteiger partial charge >= 0.3 is 0 Å². The Morgan fingerprint density at radius 1 is 1.32 bits per heavy atom. The molecule has 0 spiro atoms. The molecule has 0 fully saturated rings. The highest BCUT2D eigenvalue weighted by Crippen LogP contribution is 2.23. The summed E-state index contributed by atoms with van der Waals surface area (Å²) in [5.74, 6) is 7.39. The summed E-state index contributed by atoms with van der Waals surface area (Å²) >= 11 is 1.22. The van der Waals surface area contributed by atoms with Crippen LogP contribution in [0.2, 0.25) is 0 Å². The summed E-state index contributed by atoms with van der Waals surface area (Å²) in [6.07, 6.45) is 0. The minimum absolute atomic E-state index is 0.113. The van der Waals surface area contributed by atoms with E-state index in [0.717, 1.165) is 16.9 Å². The van der Waals surface area contributed by atoms with E-state index in [4.69, 9.17) is 15.3 Å². The first-order valence-electron chi connectivity index (χ1n) is 7.79. The quantitative estimate of drug-likeness (QED) is 0.389. The Morgan fingerprint density at radius 2 is 2.04 bits per heavy atom. The number of rotatable bonds is 9. The molecule has 1 aromatic heterocycles. The molecular formula is C16H23N5O3S. The van der Waals surface area contributed by atoms with Gasteiger partial charge in [0.25, 0.3) is 0 Å². The lowest BCUT2D eigenvalue weighted by Gasteiger charge is -2.11. The van der Waals surface area contributed by atoms with Crippen molar-refractivity contribution in [3.63, 3.8) is 0 Å². The SMILES string of the molecule is COCCNC(=O)CSc1nnc(COc2c(C)cccc2C)n1N. The Balaban J connectivity index is 1.89. The smallest absolute Gasteiger partial charge is 0.230 e. The maximum atomic E-state index is 11.7. The fourth-order valence-electron chi connectivity index (χ4n) is 2.14. The predicted molar refractivity (Wildman–Crippen MR) is 96.0 cm³/mol. The number of carbonyl (C=O) groups excluding carboxylic acids is 1. The molecular weight excluding hydrogens is 342 g/mol. The lowest BCUT2D eigenvalue weighted by Crippen LogP contribution is -2.28. The number of amides is 1. The number of aromatic nitrogens is 3. The van der Waals surface area contributed by atoms with Crippen LogP contribution in [0.1, 0.15) is 17.0 Å². The first-order valence-corrected chi connectivity index (χ1v) is 8.78. The van der Waals surface area contributed by atoms with E-state index in [9.17, 15) is 4.79 Å². The number of para-hydroxylation sites is 1. The van der Waals surface area contributed by atoms with Crippen molar-refractivity contribution in [1.29, 1.82) is 0 Å². The van der Waals surface area contributed by atoms with Crippen LogP contribution >= 0.6 is 11.8 Å². The summed E-state index contributed by atoms with van der Waals surface area (Å²) in [7, 11) is 1.58. The maximum absolute atomic E-state index is 11.7. The molecule has 0 aliphatic rings. The van der Waals surface area contributed by atoms with Gasteiger partial charge in [-0.25, -0.2) is 4.68 Å². The van der Waals surface area contributed by atoms with E-state index >= 15 is 0 Å². The Kier molecular flexibility index (Phi) is 7.08. The van der Waals surface area contributed by atoms with Gasteiger partial charge in [-0.3, -0.25) is 4.79 Å². The second kappa shape index (κ2) is 9.28. The number of nitrogen functional groups attached to an aromatic ring is 1. The highest BCUT2D eigenvalue weighted by atomic mass is 32.2. The number of hydrogen-bond acceptors (Lipinski definition) is 7. The summed E-state index contributed by atoms with van der Waals surface area (Å²) in [6.45, 7) is 5.12. The molecule has 9 heteroatoms. The molecule has 8 nitrogen and oxygen atoms in total. The van der Waals surface area contributed by atoms with Crippen molar-refractivity contribution in [2.75, 3.05) is 31.9 Å². The number of nitrogens with zero attached hydrogens (tertiary/aromatic N) is 3. The predicted octanol–water partition coefficient (Wildman–Crippen LogP) is 1.04. The number of ether oxygens (including phenoxy) is 2. The summed E-state index contributed by atoms with van der Waals surface area (Å²) in [4.78, 5) is 11.7. The van der Waals surface area contributed by atoms with Crippen LogP contribution < -0.4 is 15.9 Å². The zero-order valence-electron chi connectivity index (χ0n) is 14.6. The van der Waals surface area contributed by atoms with Gasteiger partial charge in [-0.2, -0.15) is 0 Å². The van der Waals surface area contributed by atoms with Gasteiger partial charge in [0.2, 0.25) is 11.1 Å². The normalized spacial score (nSPS) is 10.7. The molecule has 2 aromatic rings. The van der Waals surface area contributed by atoms with Crippen LogP contribution in [-0.2, 0) is 16.1 Å². The van der Waals surface area contributed by atoms with E-state index in [1.807, 2.05) is 32.0 Å². The number of nitrogens with two attached hydrogens (primary N) is 1. The molecule has 0 radical (unpaired) electrons. The number of methoxy groups -OCH3 is 1. The van der Waals surface area contributed by atoms with E-state index in [-0.39, 0.29) is 18.3 Å². The van der Waals surface area contributed by atoms with Crippen molar-refractivity contribution in [3.05, 3.63) is 35.2 Å². The van der Waals surface area contributed by atoms with Crippen LogP contribution in [-0.4, -0.2) is 46.8 Å². The molecule has 0 aliphatic carbocycles. The van der Waals surface area contributed by atoms with Crippen molar-refractivity contribution in [1.82, 2.24) is 20.2 Å². The molecule has 136 valence electrons. The first-order chi connectivity index (χ1) is 12.0. The van der Waals surface area contributed by atoms with Crippen molar-refractivity contribution in [2.45, 2.75) is 25.6 Å². The molecule has 2 rings (SSSR count). The van der Waals surface area contributed by atoms with Crippen molar-refractivity contribution in [3.8, 4) is 5.75 Å². The zero-order valence-corrected chi connectivity index (χ0v) is 15.4. The molecule has 1 aromatic carbocycles. The highest BCUT2D eigenvalue weighted by Gasteiger charge is 2.13. The number of hydrogen-bond donors (Lipinski definition) is 2. The van der Waals surface area contributed by atoms with E-state index in [1.165, 1.54) is 16.4 Å². The first kappa shape index (κ1) is 19.1. The molecule has 0 bridgehead atoms. The number of aryl methyl sites for hydroxylation is 2. The van der Waals surface area contributed by atoms with Gasteiger partial charge in [0.15, 0.2) is 5.82 Å². The van der Waals surface area contributed by atoms with E-state index in [2.05, 4.69) is 15.5 Å². The average Bonchev–Trinajstić information content (AvgIpc) is 2.93. The lowest BCUT2D eigenvalue weighted by atomic mass is 10.1. The number of benzene rings is 1. The van der Waals surface area contributed by atoms with Gasteiger partial charge in [-0.15, -0.1) is 10.2 Å². The Bertz CT molecular complexity index is 700. The Labute approximate surface area is 151 Å². The maximum Gasteiger partial charge on any atom is 0.230 e. The molecule has 25 heavy (non-hydrogen) atoms. The molecule has 0 saturated heterocycles. The molecule has 1 amide bonds. The average molecular weight is 365 g/mol. The second-order valence-corrected chi connectivity index (χ2v) is 6.35. The molecule has 0 aliphatic heterocycles. The van der Waals surface area contributed by atoms with Crippen LogP contribution in [0.3, 0.4) is 0 Å². The third-order valence-electron chi connectivity index (χ3n) is 3.45. The zero-order chi connectivity index (χ0) is 18.2. The van der Waals surface area contributed by atoms with Crippen LogP contribution in [0.5, 0.6) is 5.75 Å². The number of carbonyl (C=O) groups is 1. The van der Waals surface area contributed by atoms with Crippen LogP contribution in [0.25, 0.3) is 0 Å².